The molecule has 0 amide bonds. The van der Waals surface area contributed by atoms with Crippen molar-refractivity contribution in [1.29, 1.82) is 0 Å². The topological polar surface area (TPSA) is 55.3 Å². The monoisotopic (exact) mass is 339 g/mol. The molecule has 0 fully saturated rings. The molecule has 2 rings (SSSR count). The van der Waals surface area contributed by atoms with E-state index < -0.39 is 5.60 Å². The normalized spacial score (nSPS) is 11.3. The smallest absolute Gasteiger partial charge is 0.326 e. The largest absolute Gasteiger partial charge is 0.459 e. The van der Waals surface area contributed by atoms with E-state index >= 15 is 0 Å². The Hall–Kier alpha value is -1.66. The van der Waals surface area contributed by atoms with E-state index in [0.717, 1.165) is 4.88 Å². The number of hydrogen-bond acceptors (Lipinski definition) is 6. The van der Waals surface area contributed by atoms with Crippen molar-refractivity contribution in [2.24, 2.45) is 0 Å². The molecule has 0 saturated carbocycles. The predicted molar refractivity (Wildman–Crippen MR) is 88.3 cm³/mol. The Morgan fingerprint density at radius 1 is 1.36 bits per heavy atom. The summed E-state index contributed by atoms with van der Waals surface area (Å²) in [5, 5.41) is 0. The van der Waals surface area contributed by atoms with Gasteiger partial charge in [-0.3, -0.25) is 4.79 Å². The Morgan fingerprint density at radius 3 is 2.68 bits per heavy atom. The van der Waals surface area contributed by atoms with E-state index in [-0.39, 0.29) is 12.5 Å². The van der Waals surface area contributed by atoms with Crippen LogP contribution < -0.4 is 4.90 Å². The maximum absolute atomic E-state index is 12.1. The first-order valence-corrected chi connectivity index (χ1v) is 8.01. The Bertz CT molecular complexity index is 625. The van der Waals surface area contributed by atoms with Gasteiger partial charge in [-0.25, -0.2) is 9.97 Å². The van der Waals surface area contributed by atoms with Crippen LogP contribution in [0, 0.1) is 0 Å². The third-order valence-electron chi connectivity index (χ3n) is 2.59. The van der Waals surface area contributed by atoms with Crippen molar-refractivity contribution in [2.45, 2.75) is 32.9 Å². The molecule has 0 unspecified atom stereocenters. The van der Waals surface area contributed by atoms with Crippen molar-refractivity contribution in [3.8, 4) is 0 Å². The van der Waals surface area contributed by atoms with E-state index in [1.165, 1.54) is 11.3 Å². The van der Waals surface area contributed by atoms with Gasteiger partial charge in [-0.15, -0.1) is 11.3 Å². The molecule has 2 heterocycles. The van der Waals surface area contributed by atoms with Crippen molar-refractivity contribution >= 4 is 34.7 Å². The maximum atomic E-state index is 12.1. The highest BCUT2D eigenvalue weighted by atomic mass is 35.5. The number of pyridine rings is 1. The van der Waals surface area contributed by atoms with E-state index in [1.54, 1.807) is 12.4 Å². The lowest BCUT2D eigenvalue weighted by Crippen LogP contribution is -2.35. The first-order valence-electron chi connectivity index (χ1n) is 6.81. The number of esters is 1. The first kappa shape index (κ1) is 16.7. The summed E-state index contributed by atoms with van der Waals surface area (Å²) in [7, 11) is 0. The standard InChI is InChI=1S/C15H18ClN3O2S/c1-15(2,3)21-13(20)10-19(12-6-4-5-7-17-12)9-11-8-18-14(16)22-11/h4-8H,9-10H2,1-3H3. The van der Waals surface area contributed by atoms with Crippen LogP contribution in [0.15, 0.2) is 30.6 Å². The van der Waals surface area contributed by atoms with Crippen LogP contribution in [0.2, 0.25) is 4.47 Å². The van der Waals surface area contributed by atoms with Crippen LogP contribution in [0.4, 0.5) is 5.82 Å². The Balaban J connectivity index is 2.13. The summed E-state index contributed by atoms with van der Waals surface area (Å²) in [5.74, 6) is 0.409. The fourth-order valence-corrected chi connectivity index (χ4v) is 2.83. The molecule has 0 spiro atoms. The van der Waals surface area contributed by atoms with E-state index in [4.69, 9.17) is 16.3 Å². The third-order valence-corrected chi connectivity index (χ3v) is 3.68. The number of rotatable bonds is 5. The van der Waals surface area contributed by atoms with Gasteiger partial charge < -0.3 is 9.64 Å². The molecule has 0 radical (unpaired) electrons. The van der Waals surface area contributed by atoms with Crippen LogP contribution in [-0.4, -0.2) is 28.1 Å². The predicted octanol–water partition coefficient (Wildman–Crippen LogP) is 3.54. The second-order valence-electron chi connectivity index (χ2n) is 5.71. The molecule has 0 aliphatic heterocycles. The van der Waals surface area contributed by atoms with Crippen molar-refractivity contribution in [3.63, 3.8) is 0 Å². The number of ether oxygens (including phenoxy) is 1. The lowest BCUT2D eigenvalue weighted by molar-refractivity contribution is -0.153. The number of nitrogens with zero attached hydrogens (tertiary/aromatic N) is 3. The van der Waals surface area contributed by atoms with Gasteiger partial charge in [0.1, 0.15) is 18.0 Å². The van der Waals surface area contributed by atoms with Crippen LogP contribution in [0.5, 0.6) is 0 Å². The molecule has 0 bridgehead atoms. The van der Waals surface area contributed by atoms with E-state index in [0.29, 0.717) is 16.8 Å². The number of halogens is 1. The SMILES string of the molecule is CC(C)(C)OC(=O)CN(Cc1cnc(Cl)s1)c1ccccn1. The highest BCUT2D eigenvalue weighted by molar-refractivity contribution is 7.15. The van der Waals surface area contributed by atoms with Gasteiger partial charge >= 0.3 is 5.97 Å². The molecule has 2 aromatic heterocycles. The minimum Gasteiger partial charge on any atom is -0.459 e. The fourth-order valence-electron chi connectivity index (χ4n) is 1.83. The second-order valence-corrected chi connectivity index (χ2v) is 7.41. The Morgan fingerprint density at radius 2 is 2.14 bits per heavy atom. The zero-order valence-electron chi connectivity index (χ0n) is 12.7. The lowest BCUT2D eigenvalue weighted by Gasteiger charge is -2.25. The quantitative estimate of drug-likeness (QED) is 0.780. The summed E-state index contributed by atoms with van der Waals surface area (Å²) in [5.41, 5.74) is -0.513. The zero-order chi connectivity index (χ0) is 16.2. The van der Waals surface area contributed by atoms with Crippen LogP contribution in [0.1, 0.15) is 25.6 Å². The molecule has 5 nitrogen and oxygen atoms in total. The van der Waals surface area contributed by atoms with Gasteiger partial charge in [0.15, 0.2) is 4.47 Å². The lowest BCUT2D eigenvalue weighted by atomic mass is 10.2. The highest BCUT2D eigenvalue weighted by Gasteiger charge is 2.20. The molecular formula is C15H18ClN3O2S. The maximum Gasteiger partial charge on any atom is 0.326 e. The molecule has 118 valence electrons. The van der Waals surface area contributed by atoms with Gasteiger partial charge in [0.2, 0.25) is 0 Å². The minimum atomic E-state index is -0.513. The van der Waals surface area contributed by atoms with E-state index in [9.17, 15) is 4.79 Å². The number of carbonyl (C=O) groups excluding carboxylic acids is 1. The van der Waals surface area contributed by atoms with Crippen molar-refractivity contribution < 1.29 is 9.53 Å². The molecule has 0 N–H and O–H groups in total. The molecule has 0 saturated heterocycles. The van der Waals surface area contributed by atoms with Gasteiger partial charge in [0.25, 0.3) is 0 Å². The summed E-state index contributed by atoms with van der Waals surface area (Å²) in [6.45, 7) is 6.15. The summed E-state index contributed by atoms with van der Waals surface area (Å²) >= 11 is 7.25. The third kappa shape index (κ3) is 5.27. The average molecular weight is 340 g/mol. The molecule has 0 aromatic carbocycles. The number of aromatic nitrogens is 2. The summed E-state index contributed by atoms with van der Waals surface area (Å²) in [6.07, 6.45) is 3.40. The van der Waals surface area contributed by atoms with Crippen molar-refractivity contribution in [3.05, 3.63) is 39.9 Å². The average Bonchev–Trinajstić information content (AvgIpc) is 2.82. The van der Waals surface area contributed by atoms with E-state index in [1.807, 2.05) is 43.9 Å². The molecular weight excluding hydrogens is 322 g/mol. The number of hydrogen-bond donors (Lipinski definition) is 0. The summed E-state index contributed by atoms with van der Waals surface area (Å²) < 4.78 is 5.87. The van der Waals surface area contributed by atoms with Gasteiger partial charge in [0, 0.05) is 17.3 Å². The van der Waals surface area contributed by atoms with Gasteiger partial charge in [0.05, 0.1) is 6.54 Å². The van der Waals surface area contributed by atoms with Crippen molar-refractivity contribution in [1.82, 2.24) is 9.97 Å². The molecule has 22 heavy (non-hydrogen) atoms. The van der Waals surface area contributed by atoms with E-state index in [2.05, 4.69) is 9.97 Å². The molecule has 0 aliphatic rings. The highest BCUT2D eigenvalue weighted by Crippen LogP contribution is 2.22. The molecule has 2 aromatic rings. The Labute approximate surface area is 138 Å². The first-order chi connectivity index (χ1) is 10.3. The van der Waals surface area contributed by atoms with Gasteiger partial charge in [-0.05, 0) is 32.9 Å². The molecule has 0 atom stereocenters. The van der Waals surface area contributed by atoms with Gasteiger partial charge in [-0.1, -0.05) is 17.7 Å². The van der Waals surface area contributed by atoms with Crippen molar-refractivity contribution in [2.75, 3.05) is 11.4 Å². The van der Waals surface area contributed by atoms with Crippen LogP contribution in [-0.2, 0) is 16.1 Å². The number of thiazole rings is 1. The van der Waals surface area contributed by atoms with Crippen LogP contribution in [0.25, 0.3) is 0 Å². The second kappa shape index (κ2) is 7.07. The van der Waals surface area contributed by atoms with Crippen LogP contribution in [0.3, 0.4) is 0 Å². The summed E-state index contributed by atoms with van der Waals surface area (Å²) in [6, 6.07) is 5.57. The number of carbonyl (C=O) groups is 1. The number of anilines is 1. The summed E-state index contributed by atoms with van der Waals surface area (Å²) in [4.78, 5) is 23.2. The molecule has 0 aliphatic carbocycles. The van der Waals surface area contributed by atoms with Gasteiger partial charge in [-0.2, -0.15) is 0 Å². The fraction of sp³-hybridized carbons (Fsp3) is 0.400. The minimum absolute atomic E-state index is 0.115. The molecule has 7 heteroatoms. The zero-order valence-corrected chi connectivity index (χ0v) is 14.3. The Kier molecular flexibility index (Phi) is 5.37. The van der Waals surface area contributed by atoms with Crippen LogP contribution >= 0.6 is 22.9 Å².